The minimum Gasteiger partial charge on any atom is -0.497 e. The summed E-state index contributed by atoms with van der Waals surface area (Å²) in [5, 5.41) is 4.07. The van der Waals surface area contributed by atoms with E-state index in [0.717, 1.165) is 11.3 Å². The first-order valence-corrected chi connectivity index (χ1v) is 5.06. The lowest BCUT2D eigenvalue weighted by molar-refractivity contribution is 0.414. The minimum absolute atomic E-state index is 0.272. The first-order chi connectivity index (χ1) is 8.22. The third-order valence-electron chi connectivity index (χ3n) is 2.39. The topological polar surface area (TPSA) is 57.4 Å². The molecule has 0 aliphatic carbocycles. The maximum absolute atomic E-state index is 6.91. The van der Waals surface area contributed by atoms with Gasteiger partial charge >= 0.3 is 0 Å². The normalized spacial score (nSPS) is 9.88. The fourth-order valence-corrected chi connectivity index (χ4v) is 1.51. The molecular weight excluding hydrogens is 216 g/mol. The summed E-state index contributed by atoms with van der Waals surface area (Å²) in [5.74, 6) is 1.09. The Morgan fingerprint density at radius 1 is 1.41 bits per heavy atom. The number of methoxy groups -OCH3 is 1. The van der Waals surface area contributed by atoms with Gasteiger partial charge in [0.2, 0.25) is 5.69 Å². The summed E-state index contributed by atoms with van der Waals surface area (Å²) >= 11 is 0. The molecule has 5 heteroatoms. The van der Waals surface area contributed by atoms with Gasteiger partial charge in [0.25, 0.3) is 0 Å². The number of hydrogen-bond donors (Lipinski definition) is 1. The molecule has 0 saturated carbocycles. The summed E-state index contributed by atoms with van der Waals surface area (Å²) < 4.78 is 6.74. The van der Waals surface area contributed by atoms with Gasteiger partial charge in [0.1, 0.15) is 5.75 Å². The highest BCUT2D eigenvalue weighted by atomic mass is 16.5. The Hall–Kier alpha value is -2.48. The molecule has 17 heavy (non-hydrogen) atoms. The largest absolute Gasteiger partial charge is 0.497 e. The first-order valence-electron chi connectivity index (χ1n) is 5.06. The Labute approximate surface area is 99.2 Å². The van der Waals surface area contributed by atoms with Gasteiger partial charge in [0, 0.05) is 6.20 Å². The standard InChI is InChI=1S/C12H12N4O/c1-14-11-8-16(15-12(11)13)7-9-3-5-10(17-2)6-4-9/h3-6,8H,7H2,2H3,(H2,13,15). The second-order valence-electron chi connectivity index (χ2n) is 3.56. The molecule has 0 aliphatic heterocycles. The molecular formula is C12H12N4O. The van der Waals surface area contributed by atoms with Crippen molar-refractivity contribution < 1.29 is 4.74 Å². The Bertz CT molecular complexity index is 551. The average molecular weight is 228 g/mol. The Balaban J connectivity index is 2.17. The molecule has 0 saturated heterocycles. The lowest BCUT2D eigenvalue weighted by atomic mass is 10.2. The number of nitrogens with zero attached hydrogens (tertiary/aromatic N) is 3. The van der Waals surface area contributed by atoms with Crippen LogP contribution in [0.15, 0.2) is 30.5 Å². The van der Waals surface area contributed by atoms with Gasteiger partial charge in [-0.15, -0.1) is 0 Å². The fourth-order valence-electron chi connectivity index (χ4n) is 1.51. The molecule has 0 amide bonds. The molecule has 0 radical (unpaired) electrons. The zero-order valence-corrected chi connectivity index (χ0v) is 9.42. The average Bonchev–Trinajstić information content (AvgIpc) is 2.70. The monoisotopic (exact) mass is 228 g/mol. The van der Waals surface area contributed by atoms with Crippen LogP contribution in [0.4, 0.5) is 11.5 Å². The van der Waals surface area contributed by atoms with Crippen LogP contribution in [0.3, 0.4) is 0 Å². The Kier molecular flexibility index (Phi) is 2.97. The van der Waals surface area contributed by atoms with E-state index in [9.17, 15) is 0 Å². The van der Waals surface area contributed by atoms with Crippen LogP contribution < -0.4 is 10.5 Å². The molecule has 0 spiro atoms. The predicted octanol–water partition coefficient (Wildman–Crippen LogP) is 2.07. The van der Waals surface area contributed by atoms with E-state index in [1.54, 1.807) is 18.0 Å². The smallest absolute Gasteiger partial charge is 0.247 e. The summed E-state index contributed by atoms with van der Waals surface area (Å²) in [6.45, 7) is 7.49. The van der Waals surface area contributed by atoms with Crippen molar-refractivity contribution in [2.45, 2.75) is 6.54 Å². The van der Waals surface area contributed by atoms with E-state index >= 15 is 0 Å². The van der Waals surface area contributed by atoms with E-state index in [1.807, 2.05) is 24.3 Å². The van der Waals surface area contributed by atoms with Gasteiger partial charge in [-0.05, 0) is 17.7 Å². The lowest BCUT2D eigenvalue weighted by Crippen LogP contribution is -2.00. The zero-order valence-electron chi connectivity index (χ0n) is 9.42. The van der Waals surface area contributed by atoms with Gasteiger partial charge in [-0.25, -0.2) is 4.85 Å². The Morgan fingerprint density at radius 3 is 2.65 bits per heavy atom. The van der Waals surface area contributed by atoms with Gasteiger partial charge < -0.3 is 10.5 Å². The minimum atomic E-state index is 0.272. The molecule has 1 aromatic heterocycles. The van der Waals surface area contributed by atoms with E-state index < -0.39 is 0 Å². The van der Waals surface area contributed by atoms with Crippen molar-refractivity contribution in [3.8, 4) is 5.75 Å². The summed E-state index contributed by atoms with van der Waals surface area (Å²) in [6, 6.07) is 7.68. The van der Waals surface area contributed by atoms with Crippen LogP contribution in [0.1, 0.15) is 5.56 Å². The van der Waals surface area contributed by atoms with E-state index in [0.29, 0.717) is 12.2 Å². The van der Waals surface area contributed by atoms with Gasteiger partial charge in [-0.2, -0.15) is 5.10 Å². The molecule has 0 aliphatic rings. The lowest BCUT2D eigenvalue weighted by Gasteiger charge is -2.03. The van der Waals surface area contributed by atoms with Crippen LogP contribution in [0.2, 0.25) is 0 Å². The summed E-state index contributed by atoms with van der Waals surface area (Å²) in [5.41, 5.74) is 7.05. The van der Waals surface area contributed by atoms with Crippen LogP contribution in [0.5, 0.6) is 5.75 Å². The number of ether oxygens (including phenoxy) is 1. The van der Waals surface area contributed by atoms with Crippen LogP contribution in [-0.2, 0) is 6.54 Å². The maximum Gasteiger partial charge on any atom is 0.247 e. The van der Waals surface area contributed by atoms with Crippen molar-refractivity contribution in [1.82, 2.24) is 9.78 Å². The molecule has 1 aromatic carbocycles. The summed E-state index contributed by atoms with van der Waals surface area (Å²) in [4.78, 5) is 3.28. The highest BCUT2D eigenvalue weighted by Crippen LogP contribution is 2.20. The molecule has 0 bridgehead atoms. The number of hydrogen-bond acceptors (Lipinski definition) is 3. The van der Waals surface area contributed by atoms with Crippen LogP contribution in [0.25, 0.3) is 4.85 Å². The van der Waals surface area contributed by atoms with Crippen LogP contribution >= 0.6 is 0 Å². The summed E-state index contributed by atoms with van der Waals surface area (Å²) in [7, 11) is 1.63. The second-order valence-corrected chi connectivity index (χ2v) is 3.56. The number of benzene rings is 1. The van der Waals surface area contributed by atoms with Crippen molar-refractivity contribution in [1.29, 1.82) is 0 Å². The third-order valence-corrected chi connectivity index (χ3v) is 2.39. The third kappa shape index (κ3) is 2.37. The quantitative estimate of drug-likeness (QED) is 0.818. The molecule has 1 heterocycles. The molecule has 2 aromatic rings. The Morgan fingerprint density at radius 2 is 2.12 bits per heavy atom. The van der Waals surface area contributed by atoms with Gasteiger partial charge in [0.15, 0.2) is 5.82 Å². The number of nitrogen functional groups attached to an aromatic ring is 1. The van der Waals surface area contributed by atoms with Crippen molar-refractivity contribution >= 4 is 11.5 Å². The summed E-state index contributed by atoms with van der Waals surface area (Å²) in [6.07, 6.45) is 1.65. The molecule has 5 nitrogen and oxygen atoms in total. The van der Waals surface area contributed by atoms with Gasteiger partial charge in [-0.3, -0.25) is 4.68 Å². The number of anilines is 1. The van der Waals surface area contributed by atoms with E-state index in [-0.39, 0.29) is 5.82 Å². The molecule has 2 rings (SSSR count). The number of rotatable bonds is 3. The number of nitrogens with two attached hydrogens (primary N) is 1. The molecule has 0 fully saturated rings. The van der Waals surface area contributed by atoms with Crippen molar-refractivity contribution in [3.05, 3.63) is 47.4 Å². The number of aromatic nitrogens is 2. The fraction of sp³-hybridized carbons (Fsp3) is 0.167. The van der Waals surface area contributed by atoms with E-state index in [2.05, 4.69) is 9.94 Å². The predicted molar refractivity (Wildman–Crippen MR) is 65.0 cm³/mol. The first kappa shape index (κ1) is 11.0. The molecule has 0 unspecified atom stereocenters. The molecule has 0 atom stereocenters. The van der Waals surface area contributed by atoms with E-state index in [4.69, 9.17) is 17.0 Å². The second kappa shape index (κ2) is 4.58. The maximum atomic E-state index is 6.91. The van der Waals surface area contributed by atoms with Gasteiger partial charge in [-0.1, -0.05) is 12.1 Å². The highest BCUT2D eigenvalue weighted by molar-refractivity contribution is 5.61. The molecule has 2 N–H and O–H groups in total. The van der Waals surface area contributed by atoms with Crippen molar-refractivity contribution in [3.63, 3.8) is 0 Å². The van der Waals surface area contributed by atoms with Crippen LogP contribution in [-0.4, -0.2) is 16.9 Å². The van der Waals surface area contributed by atoms with E-state index in [1.165, 1.54) is 0 Å². The van der Waals surface area contributed by atoms with Crippen molar-refractivity contribution in [2.75, 3.05) is 12.8 Å². The van der Waals surface area contributed by atoms with Crippen LogP contribution in [0, 0.1) is 6.57 Å². The zero-order chi connectivity index (χ0) is 12.3. The highest BCUT2D eigenvalue weighted by Gasteiger charge is 2.05. The van der Waals surface area contributed by atoms with Gasteiger partial charge in [0.05, 0.1) is 20.2 Å². The van der Waals surface area contributed by atoms with Crippen molar-refractivity contribution in [2.24, 2.45) is 0 Å². The SMILES string of the molecule is [C-]#[N+]c1cn(Cc2ccc(OC)cc2)nc1N. The molecule has 86 valence electrons.